The van der Waals surface area contributed by atoms with Gasteiger partial charge in [-0.3, -0.25) is 4.79 Å². The molecular formula is C22H23F3N4O5. The molecular weight excluding hydrogens is 457 g/mol. The Kier molecular flexibility index (Phi) is 6.17. The number of hydrogen-bond acceptors (Lipinski definition) is 7. The maximum absolute atomic E-state index is 13.8. The Labute approximate surface area is 192 Å². The molecule has 12 heteroatoms. The lowest BCUT2D eigenvalue weighted by molar-refractivity contribution is -0.174. The van der Waals surface area contributed by atoms with Crippen LogP contribution in [0, 0.1) is 0 Å². The number of amides is 1. The average molecular weight is 480 g/mol. The lowest BCUT2D eigenvalue weighted by Gasteiger charge is -2.32. The first-order chi connectivity index (χ1) is 16.1. The monoisotopic (exact) mass is 480 g/mol. The van der Waals surface area contributed by atoms with Gasteiger partial charge in [0.1, 0.15) is 11.6 Å². The molecule has 3 aromatic rings. The van der Waals surface area contributed by atoms with E-state index >= 15 is 0 Å². The van der Waals surface area contributed by atoms with E-state index < -0.39 is 30.3 Å². The summed E-state index contributed by atoms with van der Waals surface area (Å²) in [5.74, 6) is 0.262. The van der Waals surface area contributed by atoms with Crippen LogP contribution >= 0.6 is 0 Å². The van der Waals surface area contributed by atoms with Gasteiger partial charge in [-0.05, 0) is 25.1 Å². The van der Waals surface area contributed by atoms with Crippen LogP contribution in [0.4, 0.5) is 24.7 Å². The highest BCUT2D eigenvalue weighted by Gasteiger charge is 2.47. The summed E-state index contributed by atoms with van der Waals surface area (Å²) in [7, 11) is 2.84. The second-order valence-corrected chi connectivity index (χ2v) is 7.79. The van der Waals surface area contributed by atoms with E-state index in [-0.39, 0.29) is 23.6 Å². The molecule has 0 bridgehead atoms. The van der Waals surface area contributed by atoms with E-state index in [1.165, 1.54) is 45.6 Å². The van der Waals surface area contributed by atoms with Crippen molar-refractivity contribution in [1.82, 2.24) is 9.78 Å². The average Bonchev–Trinajstić information content (AvgIpc) is 3.47. The molecule has 182 valence electrons. The highest BCUT2D eigenvalue weighted by molar-refractivity contribution is 6.04. The van der Waals surface area contributed by atoms with E-state index in [1.807, 2.05) is 0 Å². The van der Waals surface area contributed by atoms with Gasteiger partial charge in [0.05, 0.1) is 38.3 Å². The van der Waals surface area contributed by atoms with Crippen LogP contribution in [0.3, 0.4) is 0 Å². The number of carbonyl (C=O) groups excluding carboxylic acids is 1. The lowest BCUT2D eigenvalue weighted by Crippen LogP contribution is -2.35. The molecule has 0 saturated heterocycles. The smallest absolute Gasteiger partial charge is 0.410 e. The molecule has 3 N–H and O–H groups in total. The van der Waals surface area contributed by atoms with Crippen molar-refractivity contribution in [3.8, 4) is 11.5 Å². The second kappa shape index (κ2) is 8.93. The molecule has 3 atom stereocenters. The number of carbonyl (C=O) groups is 1. The molecule has 3 heterocycles. The Balaban J connectivity index is 1.67. The number of rotatable bonds is 6. The molecule has 2 aromatic heterocycles. The van der Waals surface area contributed by atoms with Gasteiger partial charge in [-0.25, -0.2) is 4.68 Å². The van der Waals surface area contributed by atoms with E-state index in [4.69, 9.17) is 13.9 Å². The molecule has 4 rings (SSSR count). The number of nitrogens with zero attached hydrogens (tertiary/aromatic N) is 2. The Morgan fingerprint density at radius 3 is 2.59 bits per heavy atom. The number of methoxy groups -OCH3 is 2. The van der Waals surface area contributed by atoms with E-state index in [1.54, 1.807) is 12.1 Å². The zero-order valence-electron chi connectivity index (χ0n) is 18.5. The largest absolute Gasteiger partial charge is 0.493 e. The Morgan fingerprint density at radius 2 is 2.00 bits per heavy atom. The number of nitrogens with one attached hydrogen (secondary N) is 2. The predicted molar refractivity (Wildman–Crippen MR) is 115 cm³/mol. The number of hydrogen-bond donors (Lipinski definition) is 3. The molecule has 0 fully saturated rings. The van der Waals surface area contributed by atoms with Gasteiger partial charge < -0.3 is 29.6 Å². The van der Waals surface area contributed by atoms with Gasteiger partial charge in [0.15, 0.2) is 23.2 Å². The van der Waals surface area contributed by atoms with Gasteiger partial charge in [0.25, 0.3) is 5.91 Å². The molecule has 1 aliphatic heterocycles. The van der Waals surface area contributed by atoms with Crippen molar-refractivity contribution in [1.29, 1.82) is 0 Å². The quantitative estimate of drug-likeness (QED) is 0.478. The minimum absolute atomic E-state index is 0.0307. The van der Waals surface area contributed by atoms with Gasteiger partial charge in [-0.2, -0.15) is 18.3 Å². The van der Waals surface area contributed by atoms with Crippen molar-refractivity contribution in [2.75, 3.05) is 24.9 Å². The summed E-state index contributed by atoms with van der Waals surface area (Å²) in [6, 6.07) is 4.69. The normalized spacial score (nSPS) is 18.6. The molecule has 0 aliphatic carbocycles. The van der Waals surface area contributed by atoms with Crippen molar-refractivity contribution in [3.05, 3.63) is 53.6 Å². The molecule has 1 aromatic carbocycles. The van der Waals surface area contributed by atoms with Crippen LogP contribution in [0.25, 0.3) is 0 Å². The highest BCUT2D eigenvalue weighted by atomic mass is 19.4. The number of anilines is 2. The Bertz CT molecular complexity index is 1170. The van der Waals surface area contributed by atoms with Crippen molar-refractivity contribution < 1.29 is 37.0 Å². The summed E-state index contributed by atoms with van der Waals surface area (Å²) in [4.78, 5) is 13.0. The summed E-state index contributed by atoms with van der Waals surface area (Å²) >= 11 is 0. The topological polar surface area (TPSA) is 111 Å². The van der Waals surface area contributed by atoms with E-state index in [2.05, 4.69) is 15.7 Å². The van der Waals surface area contributed by atoms with Gasteiger partial charge >= 0.3 is 6.18 Å². The number of halogens is 3. The number of fused-ring (bicyclic) bond motifs is 1. The van der Waals surface area contributed by atoms with Gasteiger partial charge in [-0.15, -0.1) is 0 Å². The maximum atomic E-state index is 13.8. The Hall–Kier alpha value is -3.67. The standard InChI is InChI=1S/C22H23F3N4O5/c1-11(30)12-7-17(32-2)18(33-3)8-13(12)27-21(31)15-10-20-26-14(16-5-4-6-34-16)9-19(22(23,24)25)29(20)28-15/h4-8,10-11,14,19,26,30H,9H2,1-3H3,(H,27,31). The van der Waals surface area contributed by atoms with Crippen LogP contribution in [0.2, 0.25) is 0 Å². The number of ether oxygens (including phenoxy) is 2. The number of aromatic nitrogens is 2. The molecule has 9 nitrogen and oxygen atoms in total. The van der Waals surface area contributed by atoms with Crippen LogP contribution in [0.1, 0.15) is 53.3 Å². The van der Waals surface area contributed by atoms with Crippen LogP contribution in [-0.4, -0.2) is 41.2 Å². The van der Waals surface area contributed by atoms with Gasteiger partial charge in [-0.1, -0.05) is 0 Å². The number of furan rings is 1. The SMILES string of the molecule is COc1cc(NC(=O)c2cc3n(n2)C(C(F)(F)F)CC(c2ccco2)N3)c(C(C)O)cc1OC. The minimum Gasteiger partial charge on any atom is -0.493 e. The summed E-state index contributed by atoms with van der Waals surface area (Å²) in [5.41, 5.74) is 0.305. The van der Waals surface area contributed by atoms with Crippen molar-refractivity contribution in [3.63, 3.8) is 0 Å². The lowest BCUT2D eigenvalue weighted by atomic mass is 10.0. The molecule has 34 heavy (non-hydrogen) atoms. The third-order valence-corrected chi connectivity index (χ3v) is 5.56. The van der Waals surface area contributed by atoms with Crippen molar-refractivity contribution in [2.45, 2.75) is 37.7 Å². The number of benzene rings is 1. The Morgan fingerprint density at radius 1 is 1.29 bits per heavy atom. The van der Waals surface area contributed by atoms with Crippen LogP contribution in [0.5, 0.6) is 11.5 Å². The summed E-state index contributed by atoms with van der Waals surface area (Å²) in [5, 5.41) is 19.6. The van der Waals surface area contributed by atoms with E-state index in [0.717, 1.165) is 4.68 Å². The summed E-state index contributed by atoms with van der Waals surface area (Å²) in [6.45, 7) is 1.50. The zero-order valence-corrected chi connectivity index (χ0v) is 18.5. The van der Waals surface area contributed by atoms with Gasteiger partial charge in [0.2, 0.25) is 0 Å². The second-order valence-electron chi connectivity index (χ2n) is 7.79. The number of aliphatic hydroxyl groups excluding tert-OH is 1. The molecule has 3 unspecified atom stereocenters. The fraction of sp³-hybridized carbons (Fsp3) is 0.364. The van der Waals surface area contributed by atoms with Crippen LogP contribution < -0.4 is 20.1 Å². The highest BCUT2D eigenvalue weighted by Crippen LogP contribution is 2.44. The number of aliphatic hydroxyl groups is 1. The zero-order chi connectivity index (χ0) is 24.6. The van der Waals surface area contributed by atoms with E-state index in [9.17, 15) is 23.1 Å². The molecule has 0 radical (unpaired) electrons. The molecule has 1 aliphatic rings. The summed E-state index contributed by atoms with van der Waals surface area (Å²) < 4.78 is 57.9. The van der Waals surface area contributed by atoms with Gasteiger partial charge in [0, 0.05) is 24.1 Å². The minimum atomic E-state index is -4.59. The first-order valence-corrected chi connectivity index (χ1v) is 10.3. The summed E-state index contributed by atoms with van der Waals surface area (Å²) in [6.07, 6.45) is -4.54. The fourth-order valence-electron chi connectivity index (χ4n) is 3.90. The van der Waals surface area contributed by atoms with E-state index in [0.29, 0.717) is 22.8 Å². The van der Waals surface area contributed by atoms with Crippen molar-refractivity contribution in [2.24, 2.45) is 0 Å². The van der Waals surface area contributed by atoms with Crippen molar-refractivity contribution >= 4 is 17.4 Å². The molecule has 0 spiro atoms. The fourth-order valence-corrected chi connectivity index (χ4v) is 3.90. The third kappa shape index (κ3) is 4.40. The van der Waals surface area contributed by atoms with Crippen LogP contribution in [-0.2, 0) is 0 Å². The predicted octanol–water partition coefficient (Wildman–Crippen LogP) is 4.46. The maximum Gasteiger partial charge on any atom is 0.410 e. The first kappa shape index (κ1) is 23.5. The van der Waals surface area contributed by atoms with Crippen LogP contribution in [0.15, 0.2) is 41.0 Å². The molecule has 1 amide bonds. The molecule has 0 saturated carbocycles. The third-order valence-electron chi connectivity index (χ3n) is 5.56. The first-order valence-electron chi connectivity index (χ1n) is 10.3. The number of alkyl halides is 3.